The number of rotatable bonds is 9. The zero-order valence-corrected chi connectivity index (χ0v) is 21.1. The highest BCUT2D eigenvalue weighted by Crippen LogP contribution is 2.62. The molecule has 4 atom stereocenters. The summed E-state index contributed by atoms with van der Waals surface area (Å²) in [5.41, 5.74) is 2.11. The summed E-state index contributed by atoms with van der Waals surface area (Å²) in [4.78, 5) is 26.5. The minimum Gasteiger partial charge on any atom is -0.469 e. The fourth-order valence-electron chi connectivity index (χ4n) is 6.72. The number of hydrogen-bond acceptors (Lipinski definition) is 6. The van der Waals surface area contributed by atoms with E-state index in [1.54, 1.807) is 6.26 Å². The Hall–Kier alpha value is -2.08. The van der Waals surface area contributed by atoms with Gasteiger partial charge in [-0.15, -0.1) is 0 Å². The third kappa shape index (κ3) is 5.21. The van der Waals surface area contributed by atoms with Gasteiger partial charge in [0.05, 0.1) is 38.5 Å². The van der Waals surface area contributed by atoms with Crippen molar-refractivity contribution in [3.63, 3.8) is 0 Å². The lowest BCUT2D eigenvalue weighted by atomic mass is 9.46. The molecule has 1 aromatic rings. The van der Waals surface area contributed by atoms with E-state index in [9.17, 15) is 9.59 Å². The third-order valence-electron chi connectivity index (χ3n) is 8.33. The molecule has 6 nitrogen and oxygen atoms in total. The summed E-state index contributed by atoms with van der Waals surface area (Å²) in [6, 6.07) is 2.04. The van der Waals surface area contributed by atoms with Gasteiger partial charge in [-0.1, -0.05) is 25.5 Å². The van der Waals surface area contributed by atoms with E-state index in [4.69, 9.17) is 13.9 Å². The number of aryl methyl sites for hydroxylation is 1. The summed E-state index contributed by atoms with van der Waals surface area (Å²) in [5.74, 6) is 1.28. The lowest BCUT2D eigenvalue weighted by Gasteiger charge is -2.57. The third-order valence-corrected chi connectivity index (χ3v) is 8.33. The van der Waals surface area contributed by atoms with Crippen LogP contribution in [0.1, 0.15) is 70.6 Å². The van der Waals surface area contributed by atoms with Crippen LogP contribution in [0.2, 0.25) is 0 Å². The van der Waals surface area contributed by atoms with E-state index in [2.05, 4.69) is 20.4 Å². The predicted molar refractivity (Wildman–Crippen MR) is 127 cm³/mol. The quantitative estimate of drug-likeness (QED) is 0.375. The fraction of sp³-hybridized carbons (Fsp3) is 0.704. The van der Waals surface area contributed by atoms with Crippen LogP contribution in [-0.4, -0.2) is 44.1 Å². The van der Waals surface area contributed by atoms with Crippen molar-refractivity contribution in [2.45, 2.75) is 72.3 Å². The smallest absolute Gasteiger partial charge is 0.320 e. The van der Waals surface area contributed by atoms with Crippen molar-refractivity contribution in [1.82, 2.24) is 4.90 Å². The Morgan fingerprint density at radius 2 is 2.06 bits per heavy atom. The molecule has 0 bridgehead atoms. The van der Waals surface area contributed by atoms with Gasteiger partial charge in [0, 0.05) is 0 Å². The first-order valence-electron chi connectivity index (χ1n) is 12.3. The van der Waals surface area contributed by atoms with Crippen LogP contribution in [0.4, 0.5) is 0 Å². The number of allylic oxidation sites excluding steroid dienone is 1. The van der Waals surface area contributed by atoms with Gasteiger partial charge in [0.2, 0.25) is 0 Å². The monoisotopic (exact) mass is 459 g/mol. The summed E-state index contributed by atoms with van der Waals surface area (Å²) >= 11 is 0. The second-order valence-corrected chi connectivity index (χ2v) is 10.5. The topological polar surface area (TPSA) is 69.0 Å². The molecule has 0 saturated heterocycles. The molecule has 0 aliphatic heterocycles. The van der Waals surface area contributed by atoms with E-state index in [1.165, 1.54) is 18.2 Å². The summed E-state index contributed by atoms with van der Waals surface area (Å²) in [6.07, 6.45) is 8.64. The molecule has 1 aromatic heterocycles. The number of hydrogen-bond donors (Lipinski definition) is 0. The van der Waals surface area contributed by atoms with E-state index in [0.29, 0.717) is 25.0 Å². The van der Waals surface area contributed by atoms with Gasteiger partial charge < -0.3 is 13.9 Å². The number of esters is 2. The Balaban J connectivity index is 1.71. The number of ether oxygens (including phenoxy) is 2. The number of nitrogens with zero attached hydrogens (tertiary/aromatic N) is 1. The number of methoxy groups -OCH3 is 1. The van der Waals surface area contributed by atoms with E-state index >= 15 is 0 Å². The minimum atomic E-state index is -0.419. The molecule has 1 heterocycles. The summed E-state index contributed by atoms with van der Waals surface area (Å²) in [7, 11) is 3.41. The Labute approximate surface area is 198 Å². The highest BCUT2D eigenvalue weighted by atomic mass is 16.5. The van der Waals surface area contributed by atoms with E-state index < -0.39 is 5.41 Å². The summed E-state index contributed by atoms with van der Waals surface area (Å²) in [5, 5.41) is 0. The average Bonchev–Trinajstić information content (AvgIpc) is 3.19. The standard InChI is InChI=1S/C27H41NO5/c1-7-32-24(29)18-28(5)17-22-20(13-16-33-22)10-11-21-19(2)9-12-23-26(21,3)14-8-15-27(23,4)25(30)31-6/h13,16,21,23H,2,7-12,14-15,17-18H2,1,3-6H3/t21-,23-,26-,27+/m1/s1. The Morgan fingerprint density at radius 3 is 2.76 bits per heavy atom. The maximum absolute atomic E-state index is 12.8. The number of fused-ring (bicyclic) bond motifs is 1. The van der Waals surface area contributed by atoms with Gasteiger partial charge in [-0.3, -0.25) is 14.5 Å². The van der Waals surface area contributed by atoms with Crippen molar-refractivity contribution in [2.24, 2.45) is 22.7 Å². The number of carbonyl (C=O) groups is 2. The minimum absolute atomic E-state index is 0.0428. The number of furan rings is 1. The molecular weight excluding hydrogens is 418 g/mol. The molecule has 2 aliphatic rings. The van der Waals surface area contributed by atoms with Gasteiger partial charge in [0.1, 0.15) is 5.76 Å². The maximum Gasteiger partial charge on any atom is 0.320 e. The van der Waals surface area contributed by atoms with Gasteiger partial charge in [0.15, 0.2) is 0 Å². The molecule has 0 aromatic carbocycles. The molecule has 3 rings (SSSR count). The molecule has 2 aliphatic carbocycles. The Kier molecular flexibility index (Phi) is 8.09. The molecule has 0 N–H and O–H groups in total. The van der Waals surface area contributed by atoms with Crippen molar-refractivity contribution in [3.05, 3.63) is 35.8 Å². The van der Waals surface area contributed by atoms with E-state index in [0.717, 1.165) is 50.7 Å². The highest BCUT2D eigenvalue weighted by Gasteiger charge is 2.57. The Morgan fingerprint density at radius 1 is 1.30 bits per heavy atom. The van der Waals surface area contributed by atoms with Crippen LogP contribution in [0.5, 0.6) is 0 Å². The summed E-state index contributed by atoms with van der Waals surface area (Å²) < 4.78 is 16.1. The maximum atomic E-state index is 12.8. The first kappa shape index (κ1) is 25.5. The SMILES string of the molecule is C=C1CC[C@@H]2[C@](C)(CCC[C@]2(C)C(=O)OC)[C@@H]1CCc1ccoc1CN(C)CC(=O)OCC. The molecular formula is C27H41NO5. The first-order valence-corrected chi connectivity index (χ1v) is 12.3. The van der Waals surface area contributed by atoms with E-state index in [1.807, 2.05) is 24.9 Å². The molecule has 6 heteroatoms. The van der Waals surface area contributed by atoms with Gasteiger partial charge >= 0.3 is 11.9 Å². The van der Waals surface area contributed by atoms with Crippen LogP contribution in [0.25, 0.3) is 0 Å². The molecule has 0 amide bonds. The lowest BCUT2D eigenvalue weighted by molar-refractivity contribution is -0.168. The molecule has 184 valence electrons. The predicted octanol–water partition coefficient (Wildman–Crippen LogP) is 5.16. The van der Waals surface area contributed by atoms with Crippen molar-refractivity contribution < 1.29 is 23.5 Å². The first-order chi connectivity index (χ1) is 15.7. The molecule has 0 unspecified atom stereocenters. The van der Waals surface area contributed by atoms with Crippen molar-refractivity contribution in [1.29, 1.82) is 0 Å². The highest BCUT2D eigenvalue weighted by molar-refractivity contribution is 5.77. The number of carbonyl (C=O) groups excluding carboxylic acids is 2. The van der Waals surface area contributed by atoms with E-state index in [-0.39, 0.29) is 23.9 Å². The fourth-order valence-corrected chi connectivity index (χ4v) is 6.72. The van der Waals surface area contributed by atoms with Gasteiger partial charge in [-0.2, -0.15) is 0 Å². The molecule has 2 saturated carbocycles. The molecule has 33 heavy (non-hydrogen) atoms. The zero-order valence-electron chi connectivity index (χ0n) is 21.1. The normalized spacial score (nSPS) is 29.6. The number of likely N-dealkylation sites (N-methyl/N-ethyl adjacent to an activating group) is 1. The lowest BCUT2D eigenvalue weighted by Crippen LogP contribution is -2.53. The molecule has 2 fully saturated rings. The van der Waals surface area contributed by atoms with Crippen molar-refractivity contribution in [3.8, 4) is 0 Å². The van der Waals surface area contributed by atoms with Gasteiger partial charge in [-0.05, 0) is 88.3 Å². The van der Waals surface area contributed by atoms with Crippen LogP contribution < -0.4 is 0 Å². The van der Waals surface area contributed by atoms with Crippen LogP contribution >= 0.6 is 0 Å². The van der Waals surface area contributed by atoms with Crippen LogP contribution in [-0.2, 0) is 32.0 Å². The molecule has 0 spiro atoms. The zero-order chi connectivity index (χ0) is 24.2. The molecule has 0 radical (unpaired) electrons. The average molecular weight is 460 g/mol. The Bertz CT molecular complexity index is 860. The second-order valence-electron chi connectivity index (χ2n) is 10.5. The largest absolute Gasteiger partial charge is 0.469 e. The summed E-state index contributed by atoms with van der Waals surface area (Å²) in [6.45, 7) is 11.9. The van der Waals surface area contributed by atoms with Gasteiger partial charge in [-0.25, -0.2) is 0 Å². The van der Waals surface area contributed by atoms with Gasteiger partial charge in [0.25, 0.3) is 0 Å². The van der Waals surface area contributed by atoms with Crippen molar-refractivity contribution >= 4 is 11.9 Å². The van der Waals surface area contributed by atoms with Crippen LogP contribution in [0, 0.1) is 22.7 Å². The van der Waals surface area contributed by atoms with Crippen molar-refractivity contribution in [2.75, 3.05) is 27.3 Å². The van der Waals surface area contributed by atoms with Crippen LogP contribution in [0.3, 0.4) is 0 Å². The van der Waals surface area contributed by atoms with Crippen LogP contribution in [0.15, 0.2) is 28.9 Å². The second kappa shape index (κ2) is 10.5.